The minimum Gasteiger partial charge on any atom is -0.366 e. The van der Waals surface area contributed by atoms with E-state index in [0.717, 1.165) is 12.8 Å². The lowest BCUT2D eigenvalue weighted by molar-refractivity contribution is -0.128. The first-order chi connectivity index (χ1) is 14.9. The summed E-state index contributed by atoms with van der Waals surface area (Å²) >= 11 is 0. The zero-order valence-electron chi connectivity index (χ0n) is 17.4. The number of unbranched alkanes of at least 4 members (excludes halogenated alkanes) is 1. The van der Waals surface area contributed by atoms with Crippen molar-refractivity contribution in [3.05, 3.63) is 59.7 Å². The first kappa shape index (κ1) is 22.0. The average molecular weight is 422 g/mol. The molecule has 4 amide bonds. The molecule has 8 nitrogen and oxygen atoms in total. The zero-order chi connectivity index (χ0) is 22.4. The lowest BCUT2D eigenvalue weighted by Crippen LogP contribution is -2.29. The van der Waals surface area contributed by atoms with Crippen LogP contribution in [0.4, 0.5) is 11.4 Å². The van der Waals surface area contributed by atoms with Crippen molar-refractivity contribution in [2.75, 3.05) is 23.7 Å². The number of amides is 4. The van der Waals surface area contributed by atoms with Crippen LogP contribution in [-0.4, -0.2) is 41.6 Å². The first-order valence-corrected chi connectivity index (χ1v) is 10.3. The average Bonchev–Trinajstić information content (AvgIpc) is 3.13. The Balaban J connectivity index is 1.59. The number of nitrogens with one attached hydrogen (secondary N) is 2. The van der Waals surface area contributed by atoms with Crippen molar-refractivity contribution in [3.8, 4) is 0 Å². The van der Waals surface area contributed by atoms with Gasteiger partial charge in [0.2, 0.25) is 11.8 Å². The molecule has 1 heterocycles. The van der Waals surface area contributed by atoms with Crippen LogP contribution in [-0.2, 0) is 9.59 Å². The third-order valence-corrected chi connectivity index (χ3v) is 5.22. The number of likely N-dealkylation sites (tertiary alicyclic amines) is 1. The predicted octanol–water partition coefficient (Wildman–Crippen LogP) is 2.62. The van der Waals surface area contributed by atoms with Gasteiger partial charge in [-0.05, 0) is 42.8 Å². The van der Waals surface area contributed by atoms with Gasteiger partial charge in [-0.25, -0.2) is 0 Å². The fourth-order valence-electron chi connectivity index (χ4n) is 3.46. The van der Waals surface area contributed by atoms with E-state index in [4.69, 9.17) is 5.73 Å². The number of hydrogen-bond donors (Lipinski definition) is 3. The van der Waals surface area contributed by atoms with Gasteiger partial charge in [0.15, 0.2) is 0 Å². The van der Waals surface area contributed by atoms with Gasteiger partial charge in [0.25, 0.3) is 11.8 Å². The fourth-order valence-corrected chi connectivity index (χ4v) is 3.46. The Kier molecular flexibility index (Phi) is 7.02. The standard InChI is InChI=1S/C23H26N4O4/c1-2-3-12-27-14-16(13-20(27)28)23(31)25-17-10-8-15(9-11-17)22(30)26-19-7-5-4-6-18(19)21(24)29/h4-11,16H,2-3,12-14H2,1H3,(H2,24,29)(H,25,31)(H,26,30)/t16-/m0/s1. The number of nitrogens with two attached hydrogens (primary N) is 1. The Morgan fingerprint density at radius 2 is 1.77 bits per heavy atom. The van der Waals surface area contributed by atoms with Gasteiger partial charge in [-0.15, -0.1) is 0 Å². The second-order valence-corrected chi connectivity index (χ2v) is 7.52. The molecule has 0 aliphatic carbocycles. The van der Waals surface area contributed by atoms with E-state index < -0.39 is 11.8 Å². The number of primary amides is 1. The smallest absolute Gasteiger partial charge is 0.255 e. The first-order valence-electron chi connectivity index (χ1n) is 10.3. The predicted molar refractivity (Wildman–Crippen MR) is 118 cm³/mol. The van der Waals surface area contributed by atoms with Crippen molar-refractivity contribution in [1.82, 2.24) is 4.90 Å². The third-order valence-electron chi connectivity index (χ3n) is 5.22. The van der Waals surface area contributed by atoms with Gasteiger partial charge in [-0.3, -0.25) is 19.2 Å². The number of rotatable bonds is 8. The molecule has 1 atom stereocenters. The molecule has 1 aliphatic rings. The van der Waals surface area contributed by atoms with Crippen LogP contribution in [0.3, 0.4) is 0 Å². The van der Waals surface area contributed by atoms with Crippen molar-refractivity contribution in [3.63, 3.8) is 0 Å². The number of carbonyl (C=O) groups is 4. The molecule has 31 heavy (non-hydrogen) atoms. The molecular weight excluding hydrogens is 396 g/mol. The molecule has 3 rings (SSSR count). The quantitative estimate of drug-likeness (QED) is 0.605. The number of hydrogen-bond acceptors (Lipinski definition) is 4. The Morgan fingerprint density at radius 3 is 2.45 bits per heavy atom. The van der Waals surface area contributed by atoms with Crippen LogP contribution in [0.15, 0.2) is 48.5 Å². The number of carbonyl (C=O) groups excluding carboxylic acids is 4. The van der Waals surface area contributed by atoms with Crippen LogP contribution >= 0.6 is 0 Å². The maximum Gasteiger partial charge on any atom is 0.255 e. The summed E-state index contributed by atoms with van der Waals surface area (Å²) in [7, 11) is 0. The maximum absolute atomic E-state index is 12.5. The van der Waals surface area contributed by atoms with Crippen molar-refractivity contribution >= 4 is 35.0 Å². The molecule has 1 fully saturated rings. The largest absolute Gasteiger partial charge is 0.366 e. The molecule has 2 aromatic rings. The fraction of sp³-hybridized carbons (Fsp3) is 0.304. The van der Waals surface area contributed by atoms with Crippen LogP contribution < -0.4 is 16.4 Å². The zero-order valence-corrected chi connectivity index (χ0v) is 17.4. The van der Waals surface area contributed by atoms with E-state index in [1.165, 1.54) is 6.07 Å². The molecule has 162 valence electrons. The Labute approximate surface area is 180 Å². The summed E-state index contributed by atoms with van der Waals surface area (Å²) in [6.07, 6.45) is 2.14. The molecule has 0 radical (unpaired) electrons. The molecule has 2 aromatic carbocycles. The number of nitrogens with zero attached hydrogens (tertiary/aromatic N) is 1. The van der Waals surface area contributed by atoms with Gasteiger partial charge in [-0.2, -0.15) is 0 Å². The summed E-state index contributed by atoms with van der Waals surface area (Å²) in [6, 6.07) is 12.9. The summed E-state index contributed by atoms with van der Waals surface area (Å²) in [4.78, 5) is 50.3. The molecule has 0 aromatic heterocycles. The van der Waals surface area contributed by atoms with Crippen LogP contribution in [0.2, 0.25) is 0 Å². The summed E-state index contributed by atoms with van der Waals surface area (Å²) in [5.41, 5.74) is 6.78. The van der Waals surface area contributed by atoms with Crippen molar-refractivity contribution in [1.29, 1.82) is 0 Å². The van der Waals surface area contributed by atoms with E-state index in [9.17, 15) is 19.2 Å². The van der Waals surface area contributed by atoms with Gasteiger partial charge in [0.1, 0.15) is 0 Å². The van der Waals surface area contributed by atoms with E-state index in [0.29, 0.717) is 30.0 Å². The highest BCUT2D eigenvalue weighted by Gasteiger charge is 2.33. The highest BCUT2D eigenvalue weighted by atomic mass is 16.2. The second-order valence-electron chi connectivity index (χ2n) is 7.52. The Morgan fingerprint density at radius 1 is 1.06 bits per heavy atom. The van der Waals surface area contributed by atoms with Gasteiger partial charge in [0.05, 0.1) is 17.2 Å². The van der Waals surface area contributed by atoms with Crippen LogP contribution in [0.1, 0.15) is 46.9 Å². The minimum absolute atomic E-state index is 0.0110. The van der Waals surface area contributed by atoms with Crippen LogP contribution in [0.5, 0.6) is 0 Å². The van der Waals surface area contributed by atoms with Gasteiger partial charge < -0.3 is 21.3 Å². The van der Waals surface area contributed by atoms with Crippen molar-refractivity contribution in [2.24, 2.45) is 11.7 Å². The molecule has 8 heteroatoms. The lowest BCUT2D eigenvalue weighted by Gasteiger charge is -2.16. The van der Waals surface area contributed by atoms with Gasteiger partial charge >= 0.3 is 0 Å². The maximum atomic E-state index is 12.5. The van der Waals surface area contributed by atoms with E-state index in [1.807, 2.05) is 0 Å². The van der Waals surface area contributed by atoms with E-state index in [1.54, 1.807) is 47.4 Å². The minimum atomic E-state index is -0.632. The summed E-state index contributed by atoms with van der Waals surface area (Å²) in [5.74, 6) is -1.61. The summed E-state index contributed by atoms with van der Waals surface area (Å²) in [5, 5.41) is 5.48. The number of benzene rings is 2. The molecule has 0 spiro atoms. The normalized spacial score (nSPS) is 15.6. The van der Waals surface area contributed by atoms with Crippen LogP contribution in [0, 0.1) is 5.92 Å². The number of para-hydroxylation sites is 1. The van der Waals surface area contributed by atoms with Crippen molar-refractivity contribution in [2.45, 2.75) is 26.2 Å². The Hall–Kier alpha value is -3.68. The monoisotopic (exact) mass is 422 g/mol. The highest BCUT2D eigenvalue weighted by molar-refractivity contribution is 6.09. The molecule has 1 saturated heterocycles. The van der Waals surface area contributed by atoms with E-state index in [2.05, 4.69) is 17.6 Å². The SMILES string of the molecule is CCCCN1C[C@@H](C(=O)Nc2ccc(C(=O)Nc3ccccc3C(N)=O)cc2)CC1=O. The van der Waals surface area contributed by atoms with E-state index >= 15 is 0 Å². The summed E-state index contributed by atoms with van der Waals surface area (Å²) in [6.45, 7) is 3.18. The molecule has 0 bridgehead atoms. The topological polar surface area (TPSA) is 122 Å². The van der Waals surface area contributed by atoms with Gasteiger partial charge in [-0.1, -0.05) is 25.5 Å². The van der Waals surface area contributed by atoms with Gasteiger partial charge in [0, 0.05) is 30.8 Å². The molecule has 4 N–H and O–H groups in total. The second kappa shape index (κ2) is 9.88. The summed E-state index contributed by atoms with van der Waals surface area (Å²) < 4.78 is 0. The molecular formula is C23H26N4O4. The lowest BCUT2D eigenvalue weighted by atomic mass is 10.1. The highest BCUT2D eigenvalue weighted by Crippen LogP contribution is 2.21. The van der Waals surface area contributed by atoms with Crippen LogP contribution in [0.25, 0.3) is 0 Å². The third kappa shape index (κ3) is 5.48. The number of anilines is 2. The molecule has 0 unspecified atom stereocenters. The molecule has 0 saturated carbocycles. The molecule has 1 aliphatic heterocycles. The Bertz CT molecular complexity index is 987. The van der Waals surface area contributed by atoms with E-state index in [-0.39, 0.29) is 29.7 Å². The van der Waals surface area contributed by atoms with Crippen molar-refractivity contribution < 1.29 is 19.2 Å².